The molecule has 2 nitrogen and oxygen atoms in total. The summed E-state index contributed by atoms with van der Waals surface area (Å²) in [5.74, 6) is -0.827. The van der Waals surface area contributed by atoms with Crippen molar-refractivity contribution < 1.29 is 8.78 Å². The maximum absolute atomic E-state index is 13.5. The number of anilines is 1. The first-order valence-corrected chi connectivity index (χ1v) is 5.74. The molecule has 0 saturated heterocycles. The summed E-state index contributed by atoms with van der Waals surface area (Å²) in [5.41, 5.74) is 1.19. The summed E-state index contributed by atoms with van der Waals surface area (Å²) in [7, 11) is 0. The van der Waals surface area contributed by atoms with Gasteiger partial charge in [0.05, 0.1) is 11.9 Å². The molecule has 0 amide bonds. The molecule has 0 aliphatic rings. The zero-order valence-corrected chi connectivity index (χ0v) is 10.3. The van der Waals surface area contributed by atoms with Gasteiger partial charge < -0.3 is 5.32 Å². The van der Waals surface area contributed by atoms with Gasteiger partial charge in [0, 0.05) is 16.6 Å². The Morgan fingerprint density at radius 3 is 2.65 bits per heavy atom. The monoisotopic (exact) mass is 298 g/mol. The van der Waals surface area contributed by atoms with Crippen molar-refractivity contribution in [2.45, 2.75) is 6.54 Å². The number of rotatable bonds is 3. The Labute approximate surface area is 106 Å². The molecule has 0 unspecified atom stereocenters. The molecule has 5 heteroatoms. The first-order valence-electron chi connectivity index (χ1n) is 4.94. The fraction of sp³-hybridized carbons (Fsp3) is 0.0833. The number of aromatic nitrogens is 1. The summed E-state index contributed by atoms with van der Waals surface area (Å²) in [6.07, 6.45) is 1.37. The Morgan fingerprint density at radius 2 is 2.00 bits per heavy atom. The quantitative estimate of drug-likeness (QED) is 0.873. The van der Waals surface area contributed by atoms with Crippen molar-refractivity contribution in [1.82, 2.24) is 4.98 Å². The van der Waals surface area contributed by atoms with Crippen LogP contribution in [0.1, 0.15) is 5.56 Å². The van der Waals surface area contributed by atoms with Gasteiger partial charge in [-0.3, -0.25) is 0 Å². The molecule has 0 spiro atoms. The van der Waals surface area contributed by atoms with Crippen molar-refractivity contribution in [2.24, 2.45) is 0 Å². The van der Waals surface area contributed by atoms with Crippen molar-refractivity contribution in [2.75, 3.05) is 5.32 Å². The Balaban J connectivity index is 2.04. The molecular formula is C12H9BrF2N2. The van der Waals surface area contributed by atoms with Gasteiger partial charge in [-0.15, -0.1) is 0 Å². The van der Waals surface area contributed by atoms with E-state index in [1.807, 2.05) is 0 Å². The Hall–Kier alpha value is -1.49. The highest BCUT2D eigenvalue weighted by molar-refractivity contribution is 9.10. The van der Waals surface area contributed by atoms with Gasteiger partial charge in [-0.25, -0.2) is 9.37 Å². The van der Waals surface area contributed by atoms with E-state index in [2.05, 4.69) is 26.2 Å². The Bertz CT molecular complexity index is 514. The standard InChI is InChI=1S/C12H9BrF2N2/c13-9-2-1-8(11(14)5-9)6-16-10-3-4-12(15)17-7-10/h1-5,7,16H,6H2. The minimum absolute atomic E-state index is 0.290. The molecule has 2 aromatic rings. The van der Waals surface area contributed by atoms with E-state index in [1.165, 1.54) is 18.3 Å². The Kier molecular flexibility index (Phi) is 3.68. The lowest BCUT2D eigenvalue weighted by molar-refractivity contribution is 0.584. The average molecular weight is 299 g/mol. The SMILES string of the molecule is Fc1ccc(NCc2ccc(Br)cc2F)cn1. The molecule has 0 radical (unpaired) electrons. The van der Waals surface area contributed by atoms with Crippen molar-refractivity contribution in [3.63, 3.8) is 0 Å². The van der Waals surface area contributed by atoms with Crippen LogP contribution in [0.3, 0.4) is 0 Å². The van der Waals surface area contributed by atoms with Gasteiger partial charge in [0.15, 0.2) is 0 Å². The van der Waals surface area contributed by atoms with Crippen LogP contribution >= 0.6 is 15.9 Å². The maximum Gasteiger partial charge on any atom is 0.212 e. The third kappa shape index (κ3) is 3.23. The van der Waals surface area contributed by atoms with Gasteiger partial charge in [0.25, 0.3) is 0 Å². The predicted octanol–water partition coefficient (Wildman–Crippen LogP) is 3.73. The van der Waals surface area contributed by atoms with Crippen molar-refractivity contribution in [3.8, 4) is 0 Å². The molecule has 0 saturated carbocycles. The molecule has 1 aromatic carbocycles. The van der Waals surface area contributed by atoms with Crippen molar-refractivity contribution in [1.29, 1.82) is 0 Å². The number of hydrogen-bond donors (Lipinski definition) is 1. The normalized spacial score (nSPS) is 10.3. The molecule has 2 rings (SSSR count). The highest BCUT2D eigenvalue weighted by atomic mass is 79.9. The van der Waals surface area contributed by atoms with E-state index in [0.29, 0.717) is 22.3 Å². The van der Waals surface area contributed by atoms with Crippen LogP contribution in [0.2, 0.25) is 0 Å². The van der Waals surface area contributed by atoms with Gasteiger partial charge in [0.1, 0.15) is 5.82 Å². The number of nitrogens with one attached hydrogen (secondary N) is 1. The highest BCUT2D eigenvalue weighted by Crippen LogP contribution is 2.16. The van der Waals surface area contributed by atoms with Crippen LogP contribution in [0, 0.1) is 11.8 Å². The molecule has 0 aliphatic carbocycles. The third-order valence-electron chi connectivity index (χ3n) is 2.23. The number of hydrogen-bond acceptors (Lipinski definition) is 2. The predicted molar refractivity (Wildman–Crippen MR) is 65.6 cm³/mol. The van der Waals surface area contributed by atoms with Gasteiger partial charge >= 0.3 is 0 Å². The topological polar surface area (TPSA) is 24.9 Å². The smallest absolute Gasteiger partial charge is 0.212 e. The average Bonchev–Trinajstić information content (AvgIpc) is 2.30. The summed E-state index contributed by atoms with van der Waals surface area (Å²) in [5, 5.41) is 2.96. The lowest BCUT2D eigenvalue weighted by Gasteiger charge is -2.07. The van der Waals surface area contributed by atoms with E-state index in [1.54, 1.807) is 18.2 Å². The molecule has 0 fully saturated rings. The Morgan fingerprint density at radius 1 is 1.18 bits per heavy atom. The van der Waals surface area contributed by atoms with Crippen molar-refractivity contribution >= 4 is 21.6 Å². The summed E-state index contributed by atoms with van der Waals surface area (Å²) in [6.45, 7) is 0.326. The number of benzene rings is 1. The summed E-state index contributed by atoms with van der Waals surface area (Å²) >= 11 is 3.19. The van der Waals surface area contributed by atoms with Gasteiger partial charge in [0.2, 0.25) is 5.95 Å². The van der Waals surface area contributed by atoms with Crippen molar-refractivity contribution in [3.05, 3.63) is 58.3 Å². The minimum Gasteiger partial charge on any atom is -0.380 e. The van der Waals surface area contributed by atoms with E-state index in [9.17, 15) is 8.78 Å². The van der Waals surface area contributed by atoms with Gasteiger partial charge in [-0.2, -0.15) is 4.39 Å². The second-order valence-electron chi connectivity index (χ2n) is 3.46. The molecule has 1 aromatic heterocycles. The van der Waals surface area contributed by atoms with E-state index >= 15 is 0 Å². The van der Waals surface area contributed by atoms with Crippen LogP contribution in [0.15, 0.2) is 41.0 Å². The first kappa shape index (κ1) is 12.0. The summed E-state index contributed by atoms with van der Waals surface area (Å²) in [4.78, 5) is 3.50. The van der Waals surface area contributed by atoms with E-state index in [0.717, 1.165) is 0 Å². The fourth-order valence-corrected chi connectivity index (χ4v) is 1.68. The second kappa shape index (κ2) is 5.23. The molecule has 0 bridgehead atoms. The molecule has 0 atom stereocenters. The van der Waals surface area contributed by atoms with E-state index in [4.69, 9.17) is 0 Å². The lowest BCUT2D eigenvalue weighted by Crippen LogP contribution is -2.02. The highest BCUT2D eigenvalue weighted by Gasteiger charge is 2.02. The molecule has 0 aliphatic heterocycles. The van der Waals surface area contributed by atoms with Crippen LogP contribution in [0.25, 0.3) is 0 Å². The largest absolute Gasteiger partial charge is 0.380 e. The molecule has 1 N–H and O–H groups in total. The molecule has 1 heterocycles. The second-order valence-corrected chi connectivity index (χ2v) is 4.37. The number of halogens is 3. The third-order valence-corrected chi connectivity index (χ3v) is 2.72. The van der Waals surface area contributed by atoms with Gasteiger partial charge in [-0.05, 0) is 24.3 Å². The van der Waals surface area contributed by atoms with Gasteiger partial charge in [-0.1, -0.05) is 22.0 Å². The lowest BCUT2D eigenvalue weighted by atomic mass is 10.2. The number of nitrogens with zero attached hydrogens (tertiary/aromatic N) is 1. The maximum atomic E-state index is 13.5. The van der Waals surface area contributed by atoms with E-state index in [-0.39, 0.29) is 5.82 Å². The zero-order chi connectivity index (χ0) is 12.3. The molecule has 17 heavy (non-hydrogen) atoms. The first-order chi connectivity index (χ1) is 8.15. The summed E-state index contributed by atoms with van der Waals surface area (Å²) < 4.78 is 26.7. The molecule has 88 valence electrons. The van der Waals surface area contributed by atoms with E-state index < -0.39 is 5.95 Å². The zero-order valence-electron chi connectivity index (χ0n) is 8.75. The van der Waals surface area contributed by atoms with Crippen LogP contribution in [0.5, 0.6) is 0 Å². The number of pyridine rings is 1. The van der Waals surface area contributed by atoms with Crippen LogP contribution in [-0.2, 0) is 6.54 Å². The molecular weight excluding hydrogens is 290 g/mol. The van der Waals surface area contributed by atoms with Crippen LogP contribution in [-0.4, -0.2) is 4.98 Å². The van der Waals surface area contributed by atoms with Crippen LogP contribution < -0.4 is 5.32 Å². The fourth-order valence-electron chi connectivity index (χ4n) is 1.34. The van der Waals surface area contributed by atoms with Crippen LogP contribution in [0.4, 0.5) is 14.5 Å². The summed E-state index contributed by atoms with van der Waals surface area (Å²) in [6, 6.07) is 7.66. The minimum atomic E-state index is -0.537.